The molecule has 0 saturated heterocycles. The van der Waals surface area contributed by atoms with Crippen LogP contribution < -0.4 is 24.3 Å². The van der Waals surface area contributed by atoms with Crippen molar-refractivity contribution in [3.05, 3.63) is 53.1 Å². The Morgan fingerprint density at radius 3 is 2.69 bits per heavy atom. The first-order valence-electron chi connectivity index (χ1n) is 12.0. The molecule has 2 N–H and O–H groups in total. The molecule has 9 heteroatoms. The van der Waals surface area contributed by atoms with Crippen molar-refractivity contribution in [1.29, 1.82) is 0 Å². The molecule has 0 fully saturated rings. The molecule has 2 unspecified atom stereocenters. The minimum atomic E-state index is -0.371. The molecule has 36 heavy (non-hydrogen) atoms. The molecule has 190 valence electrons. The summed E-state index contributed by atoms with van der Waals surface area (Å²) in [7, 11) is 3.15. The number of ether oxygens (including phenoxy) is 4. The number of methoxy groups -OCH3 is 2. The van der Waals surface area contributed by atoms with Crippen LogP contribution in [0.4, 0.5) is 0 Å². The molecular formula is C27H31N3O6. The second kappa shape index (κ2) is 9.39. The second-order valence-electron chi connectivity index (χ2n) is 9.20. The fourth-order valence-corrected chi connectivity index (χ4v) is 5.08. The normalized spacial score (nSPS) is 21.5. The summed E-state index contributed by atoms with van der Waals surface area (Å²) in [6.45, 7) is 8.92. The molecule has 5 rings (SSSR count). The number of nitrogens with zero attached hydrogens (tertiary/aromatic N) is 2. The van der Waals surface area contributed by atoms with Gasteiger partial charge in [-0.3, -0.25) is 4.79 Å². The molecule has 3 aliphatic heterocycles. The van der Waals surface area contributed by atoms with Gasteiger partial charge in [-0.05, 0) is 37.2 Å². The van der Waals surface area contributed by atoms with Crippen molar-refractivity contribution in [2.45, 2.75) is 38.3 Å². The first-order chi connectivity index (χ1) is 17.4. The summed E-state index contributed by atoms with van der Waals surface area (Å²) in [4.78, 5) is 13.1. The molecule has 0 radical (unpaired) electrons. The summed E-state index contributed by atoms with van der Waals surface area (Å²) >= 11 is 0. The largest absolute Gasteiger partial charge is 0.507 e. The summed E-state index contributed by atoms with van der Waals surface area (Å²) in [5, 5.41) is 20.7. The summed E-state index contributed by atoms with van der Waals surface area (Å²) in [6.07, 6.45) is 0.345. The number of hydrogen-bond acceptors (Lipinski definition) is 8. The summed E-state index contributed by atoms with van der Waals surface area (Å²) < 4.78 is 23.1. The van der Waals surface area contributed by atoms with Gasteiger partial charge in [-0.15, -0.1) is 0 Å². The highest BCUT2D eigenvalue weighted by atomic mass is 16.5. The van der Waals surface area contributed by atoms with Gasteiger partial charge >= 0.3 is 0 Å². The molecule has 3 aliphatic rings. The SMILES string of the molecule is C=C(C)[C@H]1Cc2c(ccc(C3=NN(C(=O)CNCC)C4COc5cc(OC)c(OC)cc5C34)c2O)O1. The van der Waals surface area contributed by atoms with Crippen LogP contribution in [-0.2, 0) is 11.2 Å². The van der Waals surface area contributed by atoms with Crippen molar-refractivity contribution in [3.63, 3.8) is 0 Å². The number of nitrogens with one attached hydrogen (secondary N) is 1. The van der Waals surface area contributed by atoms with Crippen LogP contribution in [0.15, 0.2) is 41.5 Å². The Bertz CT molecular complexity index is 1260. The first kappa shape index (κ1) is 24.0. The monoisotopic (exact) mass is 493 g/mol. The van der Waals surface area contributed by atoms with Gasteiger partial charge in [-0.2, -0.15) is 5.10 Å². The first-order valence-corrected chi connectivity index (χ1v) is 12.0. The maximum absolute atomic E-state index is 13.1. The molecule has 0 aliphatic carbocycles. The van der Waals surface area contributed by atoms with Crippen LogP contribution in [0.2, 0.25) is 0 Å². The summed E-state index contributed by atoms with van der Waals surface area (Å²) in [6, 6.07) is 6.94. The number of fused-ring (bicyclic) bond motifs is 4. The van der Waals surface area contributed by atoms with Crippen molar-refractivity contribution >= 4 is 11.6 Å². The Morgan fingerprint density at radius 2 is 2.00 bits per heavy atom. The lowest BCUT2D eigenvalue weighted by atomic mass is 9.82. The molecule has 0 bridgehead atoms. The third-order valence-electron chi connectivity index (χ3n) is 6.98. The topological polar surface area (TPSA) is 102 Å². The highest BCUT2D eigenvalue weighted by molar-refractivity contribution is 6.10. The van der Waals surface area contributed by atoms with Gasteiger partial charge in [-0.1, -0.05) is 13.5 Å². The average Bonchev–Trinajstić information content (AvgIpc) is 3.49. The van der Waals surface area contributed by atoms with Crippen LogP contribution in [-0.4, -0.2) is 67.8 Å². The van der Waals surface area contributed by atoms with Crippen molar-refractivity contribution in [2.24, 2.45) is 5.10 Å². The van der Waals surface area contributed by atoms with E-state index in [1.807, 2.05) is 26.0 Å². The van der Waals surface area contributed by atoms with Crippen molar-refractivity contribution in [3.8, 4) is 28.7 Å². The van der Waals surface area contributed by atoms with E-state index in [1.165, 1.54) is 5.01 Å². The minimum absolute atomic E-state index is 0.114. The number of hydrogen-bond donors (Lipinski definition) is 2. The lowest BCUT2D eigenvalue weighted by molar-refractivity contribution is -0.132. The summed E-state index contributed by atoms with van der Waals surface area (Å²) in [5.74, 6) is 1.99. The number of carbonyl (C=O) groups is 1. The highest BCUT2D eigenvalue weighted by Crippen LogP contribution is 2.48. The predicted octanol–water partition coefficient (Wildman–Crippen LogP) is 2.99. The number of phenols is 1. The van der Waals surface area contributed by atoms with Crippen LogP contribution >= 0.6 is 0 Å². The average molecular weight is 494 g/mol. The van der Waals surface area contributed by atoms with Gasteiger partial charge in [0.1, 0.15) is 36.0 Å². The molecule has 0 spiro atoms. The van der Waals surface area contributed by atoms with E-state index in [1.54, 1.807) is 26.4 Å². The Morgan fingerprint density at radius 1 is 1.25 bits per heavy atom. The number of phenolic OH excluding ortho intramolecular Hbond substituents is 1. The molecule has 3 heterocycles. The third kappa shape index (κ3) is 3.83. The number of rotatable bonds is 7. The zero-order valence-electron chi connectivity index (χ0n) is 21.0. The number of aromatic hydroxyl groups is 1. The van der Waals surface area contributed by atoms with Gasteiger partial charge in [0.25, 0.3) is 5.91 Å². The fourth-order valence-electron chi connectivity index (χ4n) is 5.08. The summed E-state index contributed by atoms with van der Waals surface area (Å²) in [5.41, 5.74) is 3.59. The van der Waals surface area contributed by atoms with Gasteiger partial charge in [0.05, 0.1) is 32.4 Å². The van der Waals surface area contributed by atoms with E-state index >= 15 is 0 Å². The van der Waals surface area contributed by atoms with E-state index in [4.69, 9.17) is 24.0 Å². The number of likely N-dealkylation sites (N-methyl/N-ethyl adjacent to an activating group) is 1. The van der Waals surface area contributed by atoms with Crippen LogP contribution in [0, 0.1) is 0 Å². The van der Waals surface area contributed by atoms with Gasteiger partial charge in [0.15, 0.2) is 11.5 Å². The van der Waals surface area contributed by atoms with Crippen LogP contribution in [0.1, 0.15) is 36.5 Å². The lowest BCUT2D eigenvalue weighted by Crippen LogP contribution is -2.45. The molecule has 9 nitrogen and oxygen atoms in total. The van der Waals surface area contributed by atoms with Crippen molar-refractivity contribution in [1.82, 2.24) is 10.3 Å². The zero-order valence-corrected chi connectivity index (χ0v) is 21.0. The Kier molecular flexibility index (Phi) is 6.26. The van der Waals surface area contributed by atoms with Crippen LogP contribution in [0.25, 0.3) is 0 Å². The smallest absolute Gasteiger partial charge is 0.257 e. The fraction of sp³-hybridized carbons (Fsp3) is 0.407. The molecule has 2 aromatic carbocycles. The molecule has 1 amide bonds. The lowest BCUT2D eigenvalue weighted by Gasteiger charge is -2.33. The van der Waals surface area contributed by atoms with E-state index in [-0.39, 0.29) is 42.9 Å². The van der Waals surface area contributed by atoms with E-state index in [0.717, 1.165) is 16.7 Å². The van der Waals surface area contributed by atoms with E-state index in [0.29, 0.717) is 47.2 Å². The maximum Gasteiger partial charge on any atom is 0.257 e. The van der Waals surface area contributed by atoms with Crippen LogP contribution in [0.5, 0.6) is 28.7 Å². The number of hydrazone groups is 1. The highest BCUT2D eigenvalue weighted by Gasteiger charge is 2.47. The Balaban J connectivity index is 1.62. The predicted molar refractivity (Wildman–Crippen MR) is 135 cm³/mol. The molecule has 0 aromatic heterocycles. The van der Waals surface area contributed by atoms with Crippen molar-refractivity contribution in [2.75, 3.05) is 33.9 Å². The quantitative estimate of drug-likeness (QED) is 0.572. The maximum atomic E-state index is 13.1. The Hall–Kier alpha value is -3.72. The minimum Gasteiger partial charge on any atom is -0.507 e. The van der Waals surface area contributed by atoms with E-state index < -0.39 is 0 Å². The molecule has 2 aromatic rings. The van der Waals surface area contributed by atoms with Gasteiger partial charge in [0, 0.05) is 29.2 Å². The number of benzene rings is 2. The Labute approximate surface area is 210 Å². The van der Waals surface area contributed by atoms with Crippen molar-refractivity contribution < 1.29 is 28.8 Å². The number of carbonyl (C=O) groups excluding carboxylic acids is 1. The zero-order chi connectivity index (χ0) is 25.6. The standard InChI is InChI=1S/C27H31N3O6/c1-6-28-12-24(31)30-18-13-35-21-11-23(34-5)22(33-4)9-16(21)25(18)26(29-30)15-7-8-19-17(27(15)32)10-20(36-19)14(2)3/h7-9,11,18,20,25,28,32H,2,6,10,12-13H2,1,3-5H3/t18?,20-,25?/m1/s1. The molecule has 0 saturated carbocycles. The van der Waals surface area contributed by atoms with Gasteiger partial charge in [0.2, 0.25) is 0 Å². The molecule has 3 atom stereocenters. The number of amides is 1. The van der Waals surface area contributed by atoms with E-state index in [9.17, 15) is 9.90 Å². The van der Waals surface area contributed by atoms with Crippen LogP contribution in [0.3, 0.4) is 0 Å². The second-order valence-corrected chi connectivity index (χ2v) is 9.20. The molecular weight excluding hydrogens is 462 g/mol. The third-order valence-corrected chi connectivity index (χ3v) is 6.98. The van der Waals surface area contributed by atoms with Gasteiger partial charge < -0.3 is 29.4 Å². The van der Waals surface area contributed by atoms with Gasteiger partial charge in [-0.25, -0.2) is 5.01 Å². The van der Waals surface area contributed by atoms with E-state index in [2.05, 4.69) is 11.9 Å².